The van der Waals surface area contributed by atoms with Crippen LogP contribution in [0.15, 0.2) is 54.9 Å². The number of carbonyl (C=O) groups is 1. The first-order valence-electron chi connectivity index (χ1n) is 11.7. The lowest BCUT2D eigenvalue weighted by atomic mass is 10.2. The molecule has 1 aromatic carbocycles. The van der Waals surface area contributed by atoms with Crippen molar-refractivity contribution in [2.24, 2.45) is 0 Å². The van der Waals surface area contributed by atoms with Crippen molar-refractivity contribution >= 4 is 33.2 Å². The summed E-state index contributed by atoms with van der Waals surface area (Å²) < 4.78 is 65.6. The molecule has 0 saturated carbocycles. The summed E-state index contributed by atoms with van der Waals surface area (Å²) in [6.45, 7) is 1.99. The summed E-state index contributed by atoms with van der Waals surface area (Å²) in [5.74, 6) is -2.46. The second kappa shape index (κ2) is 12.4. The topological polar surface area (TPSA) is 106 Å². The van der Waals surface area contributed by atoms with E-state index in [9.17, 15) is 22.4 Å². The highest BCUT2D eigenvalue weighted by molar-refractivity contribution is 7.22. The number of thiophene rings is 1. The number of nitrogens with one attached hydrogen (secondary N) is 2. The van der Waals surface area contributed by atoms with Gasteiger partial charge in [-0.25, -0.2) is 4.39 Å². The summed E-state index contributed by atoms with van der Waals surface area (Å²) in [5, 5.41) is 14.0. The van der Waals surface area contributed by atoms with Gasteiger partial charge >= 0.3 is 12.1 Å². The number of alkyl halides is 3. The lowest BCUT2D eigenvalue weighted by Gasteiger charge is -2.21. The van der Waals surface area contributed by atoms with Crippen LogP contribution >= 0.6 is 11.3 Å². The van der Waals surface area contributed by atoms with Gasteiger partial charge in [-0.05, 0) is 29.8 Å². The maximum atomic E-state index is 14.8. The molecule has 39 heavy (non-hydrogen) atoms. The monoisotopic (exact) mass is 564 g/mol. The predicted octanol–water partition coefficient (Wildman–Crippen LogP) is 5.84. The minimum Gasteiger partial charge on any atom is -0.481 e. The minimum absolute atomic E-state index is 0.215. The van der Waals surface area contributed by atoms with Crippen LogP contribution < -0.4 is 15.4 Å². The number of halogens is 4. The Morgan fingerprint density at radius 3 is 2.62 bits per heavy atom. The van der Waals surface area contributed by atoms with E-state index in [0.717, 1.165) is 28.7 Å². The number of ether oxygens (including phenoxy) is 2. The molecule has 3 aromatic heterocycles. The van der Waals surface area contributed by atoms with Crippen molar-refractivity contribution in [1.29, 1.82) is 0 Å². The number of hydrogen-bond donors (Lipinski definition) is 3. The highest BCUT2D eigenvalue weighted by Gasteiger charge is 2.41. The third kappa shape index (κ3) is 7.40. The zero-order valence-corrected chi connectivity index (χ0v) is 21.4. The molecule has 0 aliphatic carbocycles. The summed E-state index contributed by atoms with van der Waals surface area (Å²) in [4.78, 5) is 20.5. The van der Waals surface area contributed by atoms with E-state index in [1.165, 1.54) is 29.7 Å². The van der Waals surface area contributed by atoms with Crippen molar-refractivity contribution in [2.45, 2.75) is 25.2 Å². The number of methoxy groups -OCH3 is 1. The van der Waals surface area contributed by atoms with Crippen LogP contribution in [0.4, 0.5) is 23.2 Å². The van der Waals surface area contributed by atoms with Gasteiger partial charge in [-0.2, -0.15) is 13.2 Å². The Morgan fingerprint density at radius 1 is 1.13 bits per heavy atom. The highest BCUT2D eigenvalue weighted by Crippen LogP contribution is 2.39. The number of fused-ring (bicyclic) bond motifs is 1. The molecule has 0 saturated heterocycles. The van der Waals surface area contributed by atoms with Crippen molar-refractivity contribution in [3.63, 3.8) is 0 Å². The van der Waals surface area contributed by atoms with Gasteiger partial charge in [-0.1, -0.05) is 6.07 Å². The quantitative estimate of drug-likeness (QED) is 0.146. The van der Waals surface area contributed by atoms with Crippen LogP contribution in [0.1, 0.15) is 12.0 Å². The number of aliphatic carboxylic acids is 1. The molecule has 1 unspecified atom stereocenters. The van der Waals surface area contributed by atoms with Gasteiger partial charge in [-0.3, -0.25) is 14.8 Å². The molecular formula is C26H24F4N4O4S. The number of aromatic nitrogens is 2. The average Bonchev–Trinajstić information content (AvgIpc) is 3.33. The SMILES string of the molecule is COCCNCc1ccc(-c2cc3nccc(Oc4ccc(NC(CC(=O)O)C(F)(F)F)cc4F)c3s2)nc1. The molecule has 4 rings (SSSR count). The third-order valence-electron chi connectivity index (χ3n) is 5.53. The predicted molar refractivity (Wildman–Crippen MR) is 139 cm³/mol. The number of carboxylic acid groups (broad SMARTS) is 1. The number of benzene rings is 1. The Morgan fingerprint density at radius 2 is 1.95 bits per heavy atom. The van der Waals surface area contributed by atoms with Gasteiger partial charge in [0.1, 0.15) is 11.8 Å². The maximum absolute atomic E-state index is 14.8. The summed E-state index contributed by atoms with van der Waals surface area (Å²) in [6.07, 6.45) is -2.76. The fourth-order valence-electron chi connectivity index (χ4n) is 3.62. The van der Waals surface area contributed by atoms with Gasteiger partial charge in [0.15, 0.2) is 11.6 Å². The van der Waals surface area contributed by atoms with Gasteiger partial charge in [0.2, 0.25) is 0 Å². The van der Waals surface area contributed by atoms with Crippen molar-refractivity contribution in [2.75, 3.05) is 25.6 Å². The molecule has 206 valence electrons. The standard InChI is InChI=1S/C26H24F4N4O4S/c1-37-9-8-31-13-15-2-4-18(33-14-15)22-11-19-25(39-22)21(6-7-32-19)38-20-5-3-16(10-17(20)27)34-23(12-24(35)36)26(28,29)30/h2-7,10-11,14,23,31,34H,8-9,12-13H2,1H3,(H,35,36). The summed E-state index contributed by atoms with van der Waals surface area (Å²) in [7, 11) is 1.64. The lowest BCUT2D eigenvalue weighted by molar-refractivity contribution is -0.157. The summed E-state index contributed by atoms with van der Waals surface area (Å²) >= 11 is 1.35. The van der Waals surface area contributed by atoms with Crippen LogP contribution in [0.2, 0.25) is 0 Å². The van der Waals surface area contributed by atoms with E-state index in [1.807, 2.05) is 23.5 Å². The van der Waals surface area contributed by atoms with Crippen molar-refractivity contribution in [1.82, 2.24) is 15.3 Å². The van der Waals surface area contributed by atoms with Crippen LogP contribution in [0.3, 0.4) is 0 Å². The smallest absolute Gasteiger partial charge is 0.409 e. The number of nitrogens with zero attached hydrogens (tertiary/aromatic N) is 2. The summed E-state index contributed by atoms with van der Waals surface area (Å²) in [5.41, 5.74) is 2.12. The second-order valence-corrected chi connectivity index (χ2v) is 9.49. The number of hydrogen-bond acceptors (Lipinski definition) is 8. The Kier molecular flexibility index (Phi) is 8.94. The fourth-order valence-corrected chi connectivity index (χ4v) is 4.66. The molecule has 8 nitrogen and oxygen atoms in total. The van der Waals surface area contributed by atoms with E-state index in [-0.39, 0.29) is 11.4 Å². The van der Waals surface area contributed by atoms with Gasteiger partial charge < -0.3 is 25.2 Å². The van der Waals surface area contributed by atoms with Crippen LogP contribution in [-0.2, 0) is 16.1 Å². The molecule has 3 heterocycles. The van der Waals surface area contributed by atoms with Crippen LogP contribution in [0.25, 0.3) is 20.8 Å². The zero-order valence-electron chi connectivity index (χ0n) is 20.6. The zero-order chi connectivity index (χ0) is 28.0. The number of pyridine rings is 2. The molecule has 0 fully saturated rings. The Bertz CT molecular complexity index is 1430. The molecular weight excluding hydrogens is 540 g/mol. The molecule has 3 N–H and O–H groups in total. The van der Waals surface area contributed by atoms with E-state index in [4.69, 9.17) is 14.6 Å². The molecule has 0 bridgehead atoms. The highest BCUT2D eigenvalue weighted by atomic mass is 32.1. The largest absolute Gasteiger partial charge is 0.481 e. The molecule has 4 aromatic rings. The molecule has 0 spiro atoms. The van der Waals surface area contributed by atoms with E-state index < -0.39 is 30.4 Å². The van der Waals surface area contributed by atoms with E-state index >= 15 is 0 Å². The third-order valence-corrected chi connectivity index (χ3v) is 6.69. The minimum atomic E-state index is -4.83. The second-order valence-electron chi connectivity index (χ2n) is 8.44. The van der Waals surface area contributed by atoms with Gasteiger partial charge in [0, 0.05) is 50.4 Å². The first-order valence-corrected chi connectivity index (χ1v) is 12.5. The Balaban J connectivity index is 1.50. The van der Waals surface area contributed by atoms with Crippen molar-refractivity contribution in [3.05, 3.63) is 66.2 Å². The average molecular weight is 565 g/mol. The Labute approximate surface area is 224 Å². The van der Waals surface area contributed by atoms with Crippen molar-refractivity contribution < 1.29 is 36.9 Å². The van der Waals surface area contributed by atoms with E-state index in [0.29, 0.717) is 29.1 Å². The summed E-state index contributed by atoms with van der Waals surface area (Å²) in [6, 6.07) is 8.06. The molecule has 13 heteroatoms. The normalized spacial score (nSPS) is 12.4. The number of anilines is 1. The van der Waals surface area contributed by atoms with E-state index in [1.54, 1.807) is 19.4 Å². The van der Waals surface area contributed by atoms with Gasteiger partial charge in [-0.15, -0.1) is 11.3 Å². The maximum Gasteiger partial charge on any atom is 0.409 e. The van der Waals surface area contributed by atoms with Crippen molar-refractivity contribution in [3.8, 4) is 22.1 Å². The van der Waals surface area contributed by atoms with Crippen LogP contribution in [-0.4, -0.2) is 53.5 Å². The molecule has 1 atom stereocenters. The number of rotatable bonds is 12. The number of carboxylic acids is 1. The van der Waals surface area contributed by atoms with E-state index in [2.05, 4.69) is 15.3 Å². The van der Waals surface area contributed by atoms with Crippen LogP contribution in [0, 0.1) is 5.82 Å². The molecule has 0 radical (unpaired) electrons. The lowest BCUT2D eigenvalue weighted by Crippen LogP contribution is -2.38. The first-order chi connectivity index (χ1) is 18.6. The fraction of sp³-hybridized carbons (Fsp3) is 0.269. The molecule has 0 aliphatic rings. The molecule has 0 aliphatic heterocycles. The Hall–Kier alpha value is -3.81. The van der Waals surface area contributed by atoms with Gasteiger partial charge in [0.05, 0.1) is 33.8 Å². The van der Waals surface area contributed by atoms with Crippen LogP contribution in [0.5, 0.6) is 11.5 Å². The van der Waals surface area contributed by atoms with Gasteiger partial charge in [0.25, 0.3) is 0 Å². The molecule has 0 amide bonds. The first kappa shape index (κ1) is 28.2.